The van der Waals surface area contributed by atoms with Crippen LogP contribution in [0.4, 0.5) is 0 Å². The Kier molecular flexibility index (Phi) is 5.90. The van der Waals surface area contributed by atoms with Gasteiger partial charge in [-0.25, -0.2) is 0 Å². The topological polar surface area (TPSA) is 18.5 Å². The van der Waals surface area contributed by atoms with Crippen LogP contribution in [0.5, 0.6) is 0 Å². The van der Waals surface area contributed by atoms with E-state index in [9.17, 15) is 0 Å². The molecule has 1 N–H and O–H groups in total. The highest BCUT2D eigenvalue weighted by molar-refractivity contribution is 4.86. The van der Waals surface area contributed by atoms with Gasteiger partial charge in [0.2, 0.25) is 0 Å². The van der Waals surface area contributed by atoms with Gasteiger partial charge in [0.1, 0.15) is 0 Å². The molecule has 0 aliphatic carbocycles. The third-order valence-electron chi connectivity index (χ3n) is 4.17. The number of hydrogen-bond acceptors (Lipinski definition) is 3. The molecule has 0 bridgehead atoms. The van der Waals surface area contributed by atoms with Crippen molar-refractivity contribution in [1.82, 2.24) is 15.1 Å². The maximum atomic E-state index is 3.55. The molecule has 0 aromatic heterocycles. The molecule has 0 radical (unpaired) electrons. The second kappa shape index (κ2) is 6.72. The Morgan fingerprint density at radius 2 is 1.88 bits per heavy atom. The van der Waals surface area contributed by atoms with Crippen molar-refractivity contribution < 1.29 is 0 Å². The molecule has 3 atom stereocenters. The summed E-state index contributed by atoms with van der Waals surface area (Å²) in [5.74, 6) is 0.721. The molecule has 1 aliphatic heterocycles. The average Bonchev–Trinajstić information content (AvgIpc) is 2.73. The molecular formula is C14H31N3. The molecule has 0 aromatic rings. The largest absolute Gasteiger partial charge is 0.314 e. The fourth-order valence-electron chi connectivity index (χ4n) is 2.51. The predicted octanol–water partition coefficient (Wildman–Crippen LogP) is 1.64. The fourth-order valence-corrected chi connectivity index (χ4v) is 2.51. The smallest absolute Gasteiger partial charge is 0.0229 e. The second-order valence-electron chi connectivity index (χ2n) is 6.18. The summed E-state index contributed by atoms with van der Waals surface area (Å²) in [5.41, 5.74) is 0. The standard InChI is InChI=1S/C14H31N3/c1-11(2)15-9-12(3)13(4)17-8-7-14(10-17)16(5)6/h11-15H,7-10H2,1-6H3. The number of nitrogens with one attached hydrogen (secondary N) is 1. The van der Waals surface area contributed by atoms with E-state index in [1.165, 1.54) is 19.5 Å². The zero-order chi connectivity index (χ0) is 13.0. The Bertz CT molecular complexity index is 216. The molecule has 1 fully saturated rings. The molecule has 102 valence electrons. The normalized spacial score (nSPS) is 25.8. The van der Waals surface area contributed by atoms with Crippen molar-refractivity contribution in [2.75, 3.05) is 33.7 Å². The van der Waals surface area contributed by atoms with Gasteiger partial charge in [-0.2, -0.15) is 0 Å². The Balaban J connectivity index is 2.35. The van der Waals surface area contributed by atoms with Crippen LogP contribution in [0.15, 0.2) is 0 Å². The van der Waals surface area contributed by atoms with Crippen molar-refractivity contribution in [3.8, 4) is 0 Å². The van der Waals surface area contributed by atoms with E-state index in [4.69, 9.17) is 0 Å². The summed E-state index contributed by atoms with van der Waals surface area (Å²) in [5, 5.41) is 3.55. The molecule has 0 amide bonds. The van der Waals surface area contributed by atoms with Crippen LogP contribution in [0.2, 0.25) is 0 Å². The minimum Gasteiger partial charge on any atom is -0.314 e. The molecule has 3 heteroatoms. The van der Waals surface area contributed by atoms with Crippen LogP contribution in [0.3, 0.4) is 0 Å². The van der Waals surface area contributed by atoms with Crippen molar-refractivity contribution in [2.45, 2.75) is 52.2 Å². The molecular weight excluding hydrogens is 210 g/mol. The number of rotatable bonds is 6. The van der Waals surface area contributed by atoms with Crippen LogP contribution >= 0.6 is 0 Å². The van der Waals surface area contributed by atoms with Crippen LogP contribution in [0.1, 0.15) is 34.1 Å². The summed E-state index contributed by atoms with van der Waals surface area (Å²) >= 11 is 0. The third kappa shape index (κ3) is 4.57. The molecule has 1 saturated heterocycles. The van der Waals surface area contributed by atoms with Crippen molar-refractivity contribution in [3.05, 3.63) is 0 Å². The lowest BCUT2D eigenvalue weighted by Gasteiger charge is -2.31. The van der Waals surface area contributed by atoms with Gasteiger partial charge in [0.05, 0.1) is 0 Å². The van der Waals surface area contributed by atoms with Gasteiger partial charge in [-0.05, 0) is 39.9 Å². The highest BCUT2D eigenvalue weighted by Gasteiger charge is 2.29. The Hall–Kier alpha value is -0.120. The van der Waals surface area contributed by atoms with E-state index >= 15 is 0 Å². The van der Waals surface area contributed by atoms with Gasteiger partial charge in [0, 0.05) is 31.2 Å². The summed E-state index contributed by atoms with van der Waals surface area (Å²) in [6.07, 6.45) is 1.32. The fraction of sp³-hybridized carbons (Fsp3) is 1.00. The number of likely N-dealkylation sites (tertiary alicyclic amines) is 1. The average molecular weight is 241 g/mol. The highest BCUT2D eigenvalue weighted by Crippen LogP contribution is 2.19. The summed E-state index contributed by atoms with van der Waals surface area (Å²) in [4.78, 5) is 5.01. The van der Waals surface area contributed by atoms with Crippen molar-refractivity contribution >= 4 is 0 Å². The molecule has 17 heavy (non-hydrogen) atoms. The van der Waals surface area contributed by atoms with E-state index in [1.54, 1.807) is 0 Å². The van der Waals surface area contributed by atoms with Crippen LogP contribution in [-0.2, 0) is 0 Å². The SMILES string of the molecule is CC(C)NCC(C)C(C)N1CCC(N(C)C)C1. The summed E-state index contributed by atoms with van der Waals surface area (Å²) < 4.78 is 0. The highest BCUT2D eigenvalue weighted by atomic mass is 15.2. The Labute approximate surface area is 108 Å². The van der Waals surface area contributed by atoms with E-state index in [0.29, 0.717) is 12.1 Å². The van der Waals surface area contributed by atoms with Gasteiger partial charge < -0.3 is 10.2 Å². The molecule has 1 aliphatic rings. The van der Waals surface area contributed by atoms with E-state index in [0.717, 1.165) is 18.5 Å². The summed E-state index contributed by atoms with van der Waals surface area (Å²) in [7, 11) is 4.39. The van der Waals surface area contributed by atoms with E-state index < -0.39 is 0 Å². The van der Waals surface area contributed by atoms with E-state index in [-0.39, 0.29) is 0 Å². The minimum atomic E-state index is 0.595. The first-order valence-electron chi connectivity index (χ1n) is 7.05. The third-order valence-corrected chi connectivity index (χ3v) is 4.17. The summed E-state index contributed by atoms with van der Waals surface area (Å²) in [6.45, 7) is 12.8. The van der Waals surface area contributed by atoms with Crippen LogP contribution in [0, 0.1) is 5.92 Å². The van der Waals surface area contributed by atoms with E-state index in [1.807, 2.05) is 0 Å². The maximum absolute atomic E-state index is 3.55. The van der Waals surface area contributed by atoms with Crippen molar-refractivity contribution in [3.63, 3.8) is 0 Å². The van der Waals surface area contributed by atoms with Gasteiger partial charge in [-0.15, -0.1) is 0 Å². The molecule has 3 unspecified atom stereocenters. The molecule has 1 rings (SSSR count). The van der Waals surface area contributed by atoms with Crippen LogP contribution in [-0.4, -0.2) is 61.7 Å². The zero-order valence-corrected chi connectivity index (χ0v) is 12.5. The molecule has 1 heterocycles. The quantitative estimate of drug-likeness (QED) is 0.763. The molecule has 0 spiro atoms. The zero-order valence-electron chi connectivity index (χ0n) is 12.5. The first-order chi connectivity index (χ1) is 7.91. The predicted molar refractivity (Wildman–Crippen MR) is 75.4 cm³/mol. The van der Waals surface area contributed by atoms with Crippen LogP contribution in [0.25, 0.3) is 0 Å². The molecule has 0 aromatic carbocycles. The lowest BCUT2D eigenvalue weighted by Crippen LogP contribution is -2.42. The maximum Gasteiger partial charge on any atom is 0.0229 e. The first-order valence-corrected chi connectivity index (χ1v) is 7.05. The lowest BCUT2D eigenvalue weighted by atomic mass is 10.0. The molecule has 3 nitrogen and oxygen atoms in total. The summed E-state index contributed by atoms with van der Waals surface area (Å²) in [6, 6.07) is 2.03. The Morgan fingerprint density at radius 1 is 1.24 bits per heavy atom. The van der Waals surface area contributed by atoms with Gasteiger partial charge in [0.15, 0.2) is 0 Å². The van der Waals surface area contributed by atoms with E-state index in [2.05, 4.69) is 56.9 Å². The minimum absolute atomic E-state index is 0.595. The number of hydrogen-bond donors (Lipinski definition) is 1. The van der Waals surface area contributed by atoms with Gasteiger partial charge in [0.25, 0.3) is 0 Å². The van der Waals surface area contributed by atoms with Crippen molar-refractivity contribution in [1.29, 1.82) is 0 Å². The monoisotopic (exact) mass is 241 g/mol. The van der Waals surface area contributed by atoms with Gasteiger partial charge >= 0.3 is 0 Å². The molecule has 0 saturated carbocycles. The van der Waals surface area contributed by atoms with Gasteiger partial charge in [-0.3, -0.25) is 4.90 Å². The van der Waals surface area contributed by atoms with Crippen molar-refractivity contribution in [2.24, 2.45) is 5.92 Å². The Morgan fingerprint density at radius 3 is 2.35 bits per heavy atom. The van der Waals surface area contributed by atoms with Crippen LogP contribution < -0.4 is 5.32 Å². The number of likely N-dealkylation sites (N-methyl/N-ethyl adjacent to an activating group) is 1. The van der Waals surface area contributed by atoms with Gasteiger partial charge in [-0.1, -0.05) is 20.8 Å². The lowest BCUT2D eigenvalue weighted by molar-refractivity contribution is 0.178. The number of nitrogens with zero attached hydrogens (tertiary/aromatic N) is 2. The first kappa shape index (κ1) is 14.9. The second-order valence-corrected chi connectivity index (χ2v) is 6.18.